The van der Waals surface area contributed by atoms with Crippen molar-refractivity contribution in [3.63, 3.8) is 0 Å². The summed E-state index contributed by atoms with van der Waals surface area (Å²) in [5.41, 5.74) is 1.61. The molecule has 36 heavy (non-hydrogen) atoms. The fourth-order valence-electron chi connectivity index (χ4n) is 3.49. The zero-order valence-electron chi connectivity index (χ0n) is 19.2. The fraction of sp³-hybridized carbons (Fsp3) is 0.103. The van der Waals surface area contributed by atoms with E-state index in [0.717, 1.165) is 0 Å². The Kier molecular flexibility index (Phi) is 7.63. The average Bonchev–Trinajstić information content (AvgIpc) is 2.91. The summed E-state index contributed by atoms with van der Waals surface area (Å²) < 4.78 is 10.9. The van der Waals surface area contributed by atoms with Gasteiger partial charge in [-0.25, -0.2) is 0 Å². The van der Waals surface area contributed by atoms with Gasteiger partial charge in [-0.05, 0) is 36.4 Å². The largest absolute Gasteiger partial charge is 0.504 e. The van der Waals surface area contributed by atoms with Gasteiger partial charge < -0.3 is 24.8 Å². The van der Waals surface area contributed by atoms with Gasteiger partial charge in [0.25, 0.3) is 0 Å². The molecule has 0 bridgehead atoms. The van der Waals surface area contributed by atoms with Crippen LogP contribution in [-0.4, -0.2) is 46.2 Å². The third-order valence-corrected chi connectivity index (χ3v) is 5.38. The van der Waals surface area contributed by atoms with Gasteiger partial charge in [0.2, 0.25) is 0 Å². The van der Waals surface area contributed by atoms with Crippen LogP contribution in [0.5, 0.6) is 23.0 Å². The van der Waals surface area contributed by atoms with Crippen molar-refractivity contribution in [1.29, 1.82) is 0 Å². The molecule has 0 aliphatic carbocycles. The van der Waals surface area contributed by atoms with Gasteiger partial charge in [0.15, 0.2) is 34.6 Å². The number of phenols is 2. The first kappa shape index (κ1) is 24.5. The van der Waals surface area contributed by atoms with Gasteiger partial charge in [0, 0.05) is 22.3 Å². The third-order valence-electron chi connectivity index (χ3n) is 5.38. The standard InChI is InChI=1S/C29H24O7/c30-23(17-35-26-13-11-21(15-24(26)31)28(33)19-7-3-1-4-8-19)18-36-27-14-12-22(16-25(27)32)29(34)20-9-5-2-6-10-20/h1-16,23,30-32H,17-18H2. The summed E-state index contributed by atoms with van der Waals surface area (Å²) in [6, 6.07) is 26.0. The minimum absolute atomic E-state index is 0.102. The van der Waals surface area contributed by atoms with Crippen LogP contribution in [-0.2, 0) is 0 Å². The SMILES string of the molecule is O=C(c1ccccc1)c1ccc(OCC(O)COc2ccc(C(=O)c3ccccc3)cc2O)c(O)c1. The molecule has 7 nitrogen and oxygen atoms in total. The number of carbonyl (C=O) groups excluding carboxylic acids is 2. The van der Waals surface area contributed by atoms with Gasteiger partial charge >= 0.3 is 0 Å². The number of ether oxygens (including phenoxy) is 2. The molecule has 0 saturated carbocycles. The van der Waals surface area contributed by atoms with Crippen LogP contribution in [0.1, 0.15) is 31.8 Å². The number of hydrogen-bond donors (Lipinski definition) is 3. The predicted molar refractivity (Wildman–Crippen MR) is 133 cm³/mol. The molecular weight excluding hydrogens is 460 g/mol. The number of aromatic hydroxyl groups is 2. The highest BCUT2D eigenvalue weighted by Gasteiger charge is 2.15. The van der Waals surface area contributed by atoms with Crippen molar-refractivity contribution >= 4 is 11.6 Å². The molecule has 4 aromatic carbocycles. The van der Waals surface area contributed by atoms with E-state index in [1.54, 1.807) is 48.5 Å². The molecule has 0 atom stereocenters. The highest BCUT2D eigenvalue weighted by atomic mass is 16.5. The molecule has 0 spiro atoms. The molecule has 0 amide bonds. The number of rotatable bonds is 10. The molecule has 0 aliphatic rings. The van der Waals surface area contributed by atoms with Crippen molar-refractivity contribution in [2.24, 2.45) is 0 Å². The predicted octanol–water partition coefficient (Wildman–Crippen LogP) is 4.38. The number of ketones is 2. The van der Waals surface area contributed by atoms with E-state index in [1.807, 2.05) is 12.1 Å². The van der Waals surface area contributed by atoms with E-state index in [1.165, 1.54) is 36.4 Å². The monoisotopic (exact) mass is 484 g/mol. The van der Waals surface area contributed by atoms with Crippen LogP contribution in [0.15, 0.2) is 97.1 Å². The summed E-state index contributed by atoms with van der Waals surface area (Å²) >= 11 is 0. The molecule has 0 aromatic heterocycles. The van der Waals surface area contributed by atoms with Gasteiger partial charge in [-0.3, -0.25) is 9.59 Å². The second kappa shape index (κ2) is 11.2. The fourth-order valence-corrected chi connectivity index (χ4v) is 3.49. The lowest BCUT2D eigenvalue weighted by Crippen LogP contribution is -2.25. The zero-order valence-corrected chi connectivity index (χ0v) is 19.2. The Bertz CT molecular complexity index is 1250. The maximum Gasteiger partial charge on any atom is 0.193 e. The number of benzene rings is 4. The lowest BCUT2D eigenvalue weighted by molar-refractivity contribution is 0.0607. The normalized spacial score (nSPS) is 10.7. The van der Waals surface area contributed by atoms with Crippen LogP contribution in [0.4, 0.5) is 0 Å². The highest BCUT2D eigenvalue weighted by molar-refractivity contribution is 6.09. The molecule has 0 unspecified atom stereocenters. The molecular formula is C29H24O7. The summed E-state index contributed by atoms with van der Waals surface area (Å²) in [6.07, 6.45) is -1.08. The second-order valence-electron chi connectivity index (χ2n) is 8.03. The second-order valence-corrected chi connectivity index (χ2v) is 8.03. The van der Waals surface area contributed by atoms with Crippen LogP contribution < -0.4 is 9.47 Å². The highest BCUT2D eigenvalue weighted by Crippen LogP contribution is 2.29. The molecule has 4 rings (SSSR count). The van der Waals surface area contributed by atoms with Gasteiger partial charge in [0.05, 0.1) is 0 Å². The first-order valence-electron chi connectivity index (χ1n) is 11.2. The Morgan fingerprint density at radius 3 is 1.33 bits per heavy atom. The Hall–Kier alpha value is -4.62. The lowest BCUT2D eigenvalue weighted by Gasteiger charge is -2.15. The number of carbonyl (C=O) groups is 2. The van der Waals surface area contributed by atoms with E-state index < -0.39 is 6.10 Å². The van der Waals surface area contributed by atoms with Crippen molar-refractivity contribution in [1.82, 2.24) is 0 Å². The first-order chi connectivity index (χ1) is 17.4. The number of aliphatic hydroxyl groups excluding tert-OH is 1. The zero-order chi connectivity index (χ0) is 25.5. The number of hydrogen-bond acceptors (Lipinski definition) is 7. The van der Waals surface area contributed by atoms with Gasteiger partial charge in [-0.2, -0.15) is 0 Å². The van der Waals surface area contributed by atoms with Crippen LogP contribution >= 0.6 is 0 Å². The molecule has 0 fully saturated rings. The quantitative estimate of drug-likeness (QED) is 0.286. The Morgan fingerprint density at radius 1 is 0.583 bits per heavy atom. The van der Waals surface area contributed by atoms with Gasteiger partial charge in [0.1, 0.15) is 19.3 Å². The number of aliphatic hydroxyl groups is 1. The molecule has 182 valence electrons. The van der Waals surface area contributed by atoms with Crippen LogP contribution in [0.2, 0.25) is 0 Å². The van der Waals surface area contributed by atoms with Crippen LogP contribution in [0, 0.1) is 0 Å². The maximum atomic E-state index is 12.5. The molecule has 7 heteroatoms. The lowest BCUT2D eigenvalue weighted by atomic mass is 10.0. The summed E-state index contributed by atoms with van der Waals surface area (Å²) in [5, 5.41) is 30.7. The van der Waals surface area contributed by atoms with Crippen molar-refractivity contribution in [3.05, 3.63) is 119 Å². The van der Waals surface area contributed by atoms with Crippen molar-refractivity contribution in [2.75, 3.05) is 13.2 Å². The van der Waals surface area contributed by atoms with E-state index in [0.29, 0.717) is 22.3 Å². The first-order valence-corrected chi connectivity index (χ1v) is 11.2. The van der Waals surface area contributed by atoms with Crippen LogP contribution in [0.3, 0.4) is 0 Å². The molecule has 0 aliphatic heterocycles. The summed E-state index contributed by atoms with van der Waals surface area (Å²) in [7, 11) is 0. The van der Waals surface area contributed by atoms with Crippen molar-refractivity contribution < 1.29 is 34.4 Å². The molecule has 3 N–H and O–H groups in total. The van der Waals surface area contributed by atoms with Crippen molar-refractivity contribution in [2.45, 2.75) is 6.10 Å². The minimum atomic E-state index is -1.08. The summed E-state index contributed by atoms with van der Waals surface area (Å²) in [4.78, 5) is 25.0. The minimum Gasteiger partial charge on any atom is -0.504 e. The topological polar surface area (TPSA) is 113 Å². The Morgan fingerprint density at radius 2 is 0.972 bits per heavy atom. The smallest absolute Gasteiger partial charge is 0.193 e. The molecule has 4 aromatic rings. The third kappa shape index (κ3) is 5.89. The average molecular weight is 485 g/mol. The molecule has 0 saturated heterocycles. The molecule has 0 heterocycles. The number of phenolic OH excluding ortho intramolecular Hbond substituents is 2. The van der Waals surface area contributed by atoms with Gasteiger partial charge in [-0.15, -0.1) is 0 Å². The molecule has 0 radical (unpaired) electrons. The Labute approximate surface area is 207 Å². The van der Waals surface area contributed by atoms with Crippen LogP contribution in [0.25, 0.3) is 0 Å². The van der Waals surface area contributed by atoms with Gasteiger partial charge in [-0.1, -0.05) is 60.7 Å². The van der Waals surface area contributed by atoms with E-state index in [-0.39, 0.29) is 47.8 Å². The maximum absolute atomic E-state index is 12.5. The Balaban J connectivity index is 1.31. The summed E-state index contributed by atoms with van der Waals surface area (Å²) in [5.74, 6) is -0.734. The summed E-state index contributed by atoms with van der Waals surface area (Å²) in [6.45, 7) is -0.407. The van der Waals surface area contributed by atoms with E-state index in [4.69, 9.17) is 9.47 Å². The van der Waals surface area contributed by atoms with E-state index in [2.05, 4.69) is 0 Å². The van der Waals surface area contributed by atoms with Crippen molar-refractivity contribution in [3.8, 4) is 23.0 Å². The van der Waals surface area contributed by atoms with E-state index in [9.17, 15) is 24.9 Å². The van der Waals surface area contributed by atoms with E-state index >= 15 is 0 Å².